The Balaban J connectivity index is 1.28. The van der Waals surface area contributed by atoms with Gasteiger partial charge in [0.2, 0.25) is 0 Å². The van der Waals surface area contributed by atoms with E-state index in [1.807, 2.05) is 24.3 Å². The van der Waals surface area contributed by atoms with Gasteiger partial charge in [0.05, 0.1) is 33.4 Å². The van der Waals surface area contributed by atoms with Crippen molar-refractivity contribution in [3.8, 4) is 34.0 Å². The number of fused-ring (bicyclic) bond motifs is 15. The smallest absolute Gasteiger partial charge is 0.101 e. The first-order valence-electron chi connectivity index (χ1n) is 19.5. The van der Waals surface area contributed by atoms with Gasteiger partial charge >= 0.3 is 0 Å². The fraction of sp³-hybridized carbons (Fsp3) is 0.0185. The summed E-state index contributed by atoms with van der Waals surface area (Å²) in [6.45, 7) is 0. The minimum Gasteiger partial charge on any atom is -0.309 e. The summed E-state index contributed by atoms with van der Waals surface area (Å²) in [6.07, 6.45) is 0. The molecule has 2 aliphatic rings. The number of rotatable bonds is 4. The lowest BCUT2D eigenvalue weighted by Crippen LogP contribution is -2.26. The van der Waals surface area contributed by atoms with Crippen molar-refractivity contribution in [1.82, 2.24) is 4.57 Å². The van der Waals surface area contributed by atoms with E-state index in [2.05, 4.69) is 191 Å². The second kappa shape index (κ2) is 11.9. The molecule has 1 heterocycles. The minimum atomic E-state index is -0.599. The van der Waals surface area contributed by atoms with Crippen molar-refractivity contribution in [2.45, 2.75) is 5.41 Å². The van der Waals surface area contributed by atoms with Crippen LogP contribution in [0.15, 0.2) is 200 Å². The van der Waals surface area contributed by atoms with Crippen molar-refractivity contribution >= 4 is 49.6 Å². The Kier molecular flexibility index (Phi) is 6.62. The van der Waals surface area contributed by atoms with E-state index in [9.17, 15) is 5.26 Å². The van der Waals surface area contributed by atoms with Crippen LogP contribution in [0.2, 0.25) is 0 Å². The first kappa shape index (κ1) is 31.7. The van der Waals surface area contributed by atoms with Gasteiger partial charge in [-0.1, -0.05) is 140 Å². The SMILES string of the molecule is N#Cc1ccccc1N(c1ccccc1)c1cc2c(c3ccccc13)-c1cc3c(cc1C21c2ccccc2-c2ccccc21)c1ccccc1n3-c1ccccc1. The molecule has 10 aromatic rings. The molecule has 57 heavy (non-hydrogen) atoms. The number of para-hydroxylation sites is 4. The van der Waals surface area contributed by atoms with E-state index < -0.39 is 5.41 Å². The topological polar surface area (TPSA) is 32.0 Å². The molecule has 0 N–H and O–H groups in total. The van der Waals surface area contributed by atoms with Crippen molar-refractivity contribution in [2.24, 2.45) is 0 Å². The highest BCUT2D eigenvalue weighted by atomic mass is 15.1. The zero-order valence-electron chi connectivity index (χ0n) is 30.9. The Morgan fingerprint density at radius 1 is 0.421 bits per heavy atom. The van der Waals surface area contributed by atoms with Gasteiger partial charge in [-0.25, -0.2) is 0 Å². The number of aromatic nitrogens is 1. The molecule has 3 nitrogen and oxygen atoms in total. The minimum absolute atomic E-state index is 0.599. The number of nitrogens with zero attached hydrogens (tertiary/aromatic N) is 3. The second-order valence-corrected chi connectivity index (χ2v) is 15.1. The Bertz CT molecular complexity index is 3270. The fourth-order valence-electron chi connectivity index (χ4n) is 10.2. The molecule has 1 aromatic heterocycles. The third-order valence-corrected chi connectivity index (χ3v) is 12.4. The highest BCUT2D eigenvalue weighted by molar-refractivity contribution is 6.16. The summed E-state index contributed by atoms with van der Waals surface area (Å²) >= 11 is 0. The van der Waals surface area contributed by atoms with Crippen molar-refractivity contribution in [3.63, 3.8) is 0 Å². The predicted octanol–water partition coefficient (Wildman–Crippen LogP) is 13.6. The van der Waals surface area contributed by atoms with Crippen LogP contribution in [-0.2, 0) is 5.41 Å². The largest absolute Gasteiger partial charge is 0.309 e. The number of nitriles is 1. The van der Waals surface area contributed by atoms with E-state index in [4.69, 9.17) is 0 Å². The van der Waals surface area contributed by atoms with Gasteiger partial charge in [0.15, 0.2) is 0 Å². The molecule has 0 saturated heterocycles. The molecule has 0 saturated carbocycles. The highest BCUT2D eigenvalue weighted by Crippen LogP contribution is 2.65. The zero-order valence-corrected chi connectivity index (χ0v) is 30.9. The average molecular weight is 724 g/mol. The van der Waals surface area contributed by atoms with Gasteiger partial charge < -0.3 is 9.47 Å². The van der Waals surface area contributed by atoms with Gasteiger partial charge in [-0.15, -0.1) is 0 Å². The lowest BCUT2D eigenvalue weighted by atomic mass is 9.70. The normalized spacial score (nSPS) is 13.0. The molecular weight excluding hydrogens is 691 g/mol. The van der Waals surface area contributed by atoms with Crippen LogP contribution >= 0.6 is 0 Å². The molecule has 0 aliphatic heterocycles. The fourth-order valence-corrected chi connectivity index (χ4v) is 10.2. The van der Waals surface area contributed by atoms with E-state index in [0.717, 1.165) is 28.1 Å². The lowest BCUT2D eigenvalue weighted by Gasteiger charge is -2.33. The third-order valence-electron chi connectivity index (χ3n) is 12.4. The molecule has 0 fully saturated rings. The van der Waals surface area contributed by atoms with Crippen LogP contribution < -0.4 is 4.90 Å². The average Bonchev–Trinajstić information content (AvgIpc) is 3.88. The van der Waals surface area contributed by atoms with E-state index in [1.54, 1.807) is 0 Å². The van der Waals surface area contributed by atoms with Crippen molar-refractivity contribution in [3.05, 3.63) is 228 Å². The van der Waals surface area contributed by atoms with Crippen LogP contribution in [0.4, 0.5) is 17.1 Å². The summed E-state index contributed by atoms with van der Waals surface area (Å²) in [5.74, 6) is 0. The molecule has 3 heteroatoms. The van der Waals surface area contributed by atoms with Gasteiger partial charge in [-0.2, -0.15) is 5.26 Å². The summed E-state index contributed by atoms with van der Waals surface area (Å²) in [5, 5.41) is 15.3. The van der Waals surface area contributed by atoms with E-state index in [-0.39, 0.29) is 0 Å². The molecule has 0 amide bonds. The van der Waals surface area contributed by atoms with Crippen LogP contribution in [-0.4, -0.2) is 4.57 Å². The zero-order chi connectivity index (χ0) is 37.7. The summed E-state index contributed by atoms with van der Waals surface area (Å²) in [7, 11) is 0. The molecule has 0 atom stereocenters. The van der Waals surface area contributed by atoms with E-state index in [0.29, 0.717) is 5.56 Å². The molecule has 2 aliphatic carbocycles. The molecule has 9 aromatic carbocycles. The quantitative estimate of drug-likeness (QED) is 0.181. The monoisotopic (exact) mass is 723 g/mol. The summed E-state index contributed by atoms with van der Waals surface area (Å²) in [6, 6.07) is 74.8. The van der Waals surface area contributed by atoms with Crippen molar-refractivity contribution in [1.29, 1.82) is 5.26 Å². The Morgan fingerprint density at radius 3 is 1.75 bits per heavy atom. The Labute approximate surface area is 330 Å². The van der Waals surface area contributed by atoms with Crippen LogP contribution in [0.3, 0.4) is 0 Å². The molecule has 0 unspecified atom stereocenters. The summed E-state index contributed by atoms with van der Waals surface area (Å²) in [5.41, 5.74) is 16.6. The predicted molar refractivity (Wildman–Crippen MR) is 234 cm³/mol. The maximum Gasteiger partial charge on any atom is 0.101 e. The van der Waals surface area contributed by atoms with Gasteiger partial charge in [-0.3, -0.25) is 0 Å². The van der Waals surface area contributed by atoms with Crippen molar-refractivity contribution in [2.75, 3.05) is 4.90 Å². The maximum atomic E-state index is 10.5. The molecule has 0 radical (unpaired) electrons. The first-order valence-corrected chi connectivity index (χ1v) is 19.5. The van der Waals surface area contributed by atoms with Gasteiger partial charge in [0.1, 0.15) is 6.07 Å². The molecule has 12 rings (SSSR count). The number of hydrogen-bond acceptors (Lipinski definition) is 2. The standard InChI is InChI=1S/C54H33N3/c55-34-35-17-7-15-29-49(35)56(36-18-3-1-4-19-36)52-33-48-53(42-26-9-8-24-40(42)52)44-32-51-43(41-25-12-16-30-50(41)57(51)37-20-5-2-6-21-37)31-47(44)54(48)45-27-13-10-22-38(45)39-23-11-14-28-46(39)54/h1-33H. The van der Waals surface area contributed by atoms with Crippen LogP contribution in [0.1, 0.15) is 27.8 Å². The molecule has 264 valence electrons. The van der Waals surface area contributed by atoms with Gasteiger partial charge in [0.25, 0.3) is 0 Å². The van der Waals surface area contributed by atoms with Crippen LogP contribution in [0, 0.1) is 11.3 Å². The summed E-state index contributed by atoms with van der Waals surface area (Å²) in [4.78, 5) is 2.29. The summed E-state index contributed by atoms with van der Waals surface area (Å²) < 4.78 is 2.43. The number of benzene rings is 9. The molecular formula is C54H33N3. The molecule has 1 spiro atoms. The maximum absolute atomic E-state index is 10.5. The van der Waals surface area contributed by atoms with Gasteiger partial charge in [-0.05, 0) is 111 Å². The second-order valence-electron chi connectivity index (χ2n) is 15.1. The Hall–Kier alpha value is -7.67. The highest BCUT2D eigenvalue weighted by Gasteiger charge is 2.52. The third kappa shape index (κ3) is 4.19. The number of anilines is 3. The van der Waals surface area contributed by atoms with Gasteiger partial charge in [0, 0.05) is 27.5 Å². The van der Waals surface area contributed by atoms with Crippen molar-refractivity contribution < 1.29 is 0 Å². The Morgan fingerprint density at radius 2 is 1.02 bits per heavy atom. The molecule has 0 bridgehead atoms. The van der Waals surface area contributed by atoms with E-state index in [1.165, 1.54) is 71.7 Å². The van der Waals surface area contributed by atoms with E-state index >= 15 is 0 Å². The van der Waals surface area contributed by atoms with Crippen LogP contribution in [0.5, 0.6) is 0 Å². The lowest BCUT2D eigenvalue weighted by molar-refractivity contribution is 0.795. The first-order chi connectivity index (χ1) is 28.3. The number of hydrogen-bond donors (Lipinski definition) is 0. The van der Waals surface area contributed by atoms with Crippen LogP contribution in [0.25, 0.3) is 60.5 Å².